The molecule has 0 aromatic rings. The fraction of sp³-hybridized carbons (Fsp3) is 0.778. The Morgan fingerprint density at radius 1 is 1.55 bits per heavy atom. The zero-order chi connectivity index (χ0) is 8.16. The predicted octanol–water partition coefficient (Wildman–Crippen LogP) is 1.46. The summed E-state index contributed by atoms with van der Waals surface area (Å²) in [5.41, 5.74) is 6.13. The highest BCUT2D eigenvalue weighted by molar-refractivity contribution is 5.00. The molecule has 0 heterocycles. The van der Waals surface area contributed by atoms with Crippen LogP contribution in [0, 0.1) is 0 Å². The lowest BCUT2D eigenvalue weighted by Crippen LogP contribution is -2.41. The molecule has 1 aliphatic carbocycles. The molecule has 1 rings (SSSR count). The van der Waals surface area contributed by atoms with Gasteiger partial charge in [-0.05, 0) is 25.7 Å². The molecule has 1 atom stereocenters. The summed E-state index contributed by atoms with van der Waals surface area (Å²) in [6.45, 7) is 0.782. The van der Waals surface area contributed by atoms with Gasteiger partial charge in [0.1, 0.15) is 0 Å². The maximum absolute atomic E-state index is 6.11. The van der Waals surface area contributed by atoms with Crippen molar-refractivity contribution in [3.63, 3.8) is 0 Å². The molecule has 0 saturated heterocycles. The highest BCUT2D eigenvalue weighted by atomic mass is 16.5. The first-order chi connectivity index (χ1) is 5.27. The average Bonchev–Trinajstić information content (AvgIpc) is 2.03. The Labute approximate surface area is 68.4 Å². The van der Waals surface area contributed by atoms with Crippen LogP contribution in [0.4, 0.5) is 0 Å². The highest BCUT2D eigenvalue weighted by Gasteiger charge is 2.23. The molecule has 2 N–H and O–H groups in total. The molecule has 2 heteroatoms. The first-order valence-corrected chi connectivity index (χ1v) is 4.20. The summed E-state index contributed by atoms with van der Waals surface area (Å²) in [4.78, 5) is 0. The van der Waals surface area contributed by atoms with E-state index in [1.165, 1.54) is 0 Å². The van der Waals surface area contributed by atoms with E-state index in [0.29, 0.717) is 0 Å². The first kappa shape index (κ1) is 8.75. The van der Waals surface area contributed by atoms with Crippen LogP contribution in [0.1, 0.15) is 25.7 Å². The van der Waals surface area contributed by atoms with Crippen LogP contribution >= 0.6 is 0 Å². The second-order valence-corrected chi connectivity index (χ2v) is 3.32. The third-order valence-corrected chi connectivity index (χ3v) is 2.30. The third-order valence-electron chi connectivity index (χ3n) is 2.30. The zero-order valence-electron chi connectivity index (χ0n) is 7.18. The topological polar surface area (TPSA) is 35.2 Å². The molecule has 0 radical (unpaired) electrons. The van der Waals surface area contributed by atoms with Crippen LogP contribution in [0.5, 0.6) is 0 Å². The van der Waals surface area contributed by atoms with Gasteiger partial charge in [-0.15, -0.1) is 0 Å². The fourth-order valence-electron chi connectivity index (χ4n) is 1.44. The lowest BCUT2D eigenvalue weighted by molar-refractivity contribution is 0.163. The first-order valence-electron chi connectivity index (χ1n) is 4.20. The molecule has 0 fully saturated rings. The zero-order valence-corrected chi connectivity index (χ0v) is 7.18. The SMILES string of the molecule is COCCC1(N)CC=CCC1. The predicted molar refractivity (Wildman–Crippen MR) is 46.4 cm³/mol. The quantitative estimate of drug-likeness (QED) is 0.626. The highest BCUT2D eigenvalue weighted by Crippen LogP contribution is 2.23. The number of methoxy groups -OCH3 is 1. The van der Waals surface area contributed by atoms with Crippen molar-refractivity contribution in [2.45, 2.75) is 31.2 Å². The second-order valence-electron chi connectivity index (χ2n) is 3.32. The molecule has 1 aliphatic rings. The molecular weight excluding hydrogens is 138 g/mol. The van der Waals surface area contributed by atoms with Crippen molar-refractivity contribution in [3.8, 4) is 0 Å². The molecule has 2 nitrogen and oxygen atoms in total. The minimum atomic E-state index is 0.0186. The van der Waals surface area contributed by atoms with Gasteiger partial charge in [-0.25, -0.2) is 0 Å². The minimum absolute atomic E-state index is 0.0186. The van der Waals surface area contributed by atoms with E-state index in [-0.39, 0.29) is 5.54 Å². The lowest BCUT2D eigenvalue weighted by Gasteiger charge is -2.30. The standard InChI is InChI=1S/C9H17NO/c1-11-8-7-9(10)5-3-2-4-6-9/h2-3H,4-8,10H2,1H3. The summed E-state index contributed by atoms with van der Waals surface area (Å²) in [6, 6.07) is 0. The molecule has 0 spiro atoms. The number of hydrogen-bond donors (Lipinski definition) is 1. The Morgan fingerprint density at radius 3 is 2.91 bits per heavy atom. The number of allylic oxidation sites excluding steroid dienone is 1. The summed E-state index contributed by atoms with van der Waals surface area (Å²) in [6.07, 6.45) is 8.61. The summed E-state index contributed by atoms with van der Waals surface area (Å²) in [7, 11) is 1.72. The minimum Gasteiger partial charge on any atom is -0.385 e. The van der Waals surface area contributed by atoms with Crippen molar-refractivity contribution < 1.29 is 4.74 Å². The van der Waals surface area contributed by atoms with E-state index in [9.17, 15) is 0 Å². The van der Waals surface area contributed by atoms with Crippen LogP contribution in [0.25, 0.3) is 0 Å². The molecule has 0 aromatic heterocycles. The van der Waals surface area contributed by atoms with Gasteiger partial charge < -0.3 is 10.5 Å². The van der Waals surface area contributed by atoms with Gasteiger partial charge in [-0.3, -0.25) is 0 Å². The maximum Gasteiger partial charge on any atom is 0.0479 e. The number of nitrogens with two attached hydrogens (primary N) is 1. The Bertz CT molecular complexity index is 144. The lowest BCUT2D eigenvalue weighted by atomic mass is 9.84. The normalized spacial score (nSPS) is 30.7. The fourth-order valence-corrected chi connectivity index (χ4v) is 1.44. The molecule has 0 aliphatic heterocycles. The summed E-state index contributed by atoms with van der Waals surface area (Å²) < 4.78 is 5.01. The summed E-state index contributed by atoms with van der Waals surface area (Å²) in [5.74, 6) is 0. The largest absolute Gasteiger partial charge is 0.385 e. The number of rotatable bonds is 3. The summed E-state index contributed by atoms with van der Waals surface area (Å²) >= 11 is 0. The number of ether oxygens (including phenoxy) is 1. The Kier molecular flexibility index (Phi) is 3.09. The van der Waals surface area contributed by atoms with Crippen molar-refractivity contribution in [1.82, 2.24) is 0 Å². The molecule has 11 heavy (non-hydrogen) atoms. The molecule has 0 saturated carbocycles. The maximum atomic E-state index is 6.11. The van der Waals surface area contributed by atoms with Gasteiger partial charge in [0.15, 0.2) is 0 Å². The molecule has 64 valence electrons. The third kappa shape index (κ3) is 2.64. The van der Waals surface area contributed by atoms with E-state index in [1.807, 2.05) is 0 Å². The molecule has 0 aromatic carbocycles. The van der Waals surface area contributed by atoms with Crippen LogP contribution in [0.2, 0.25) is 0 Å². The van der Waals surface area contributed by atoms with Crippen molar-refractivity contribution >= 4 is 0 Å². The van der Waals surface area contributed by atoms with Crippen LogP contribution in [0.15, 0.2) is 12.2 Å². The van der Waals surface area contributed by atoms with Gasteiger partial charge in [0.2, 0.25) is 0 Å². The van der Waals surface area contributed by atoms with Crippen molar-refractivity contribution in [2.24, 2.45) is 5.73 Å². The van der Waals surface area contributed by atoms with Gasteiger partial charge in [-0.2, -0.15) is 0 Å². The van der Waals surface area contributed by atoms with E-state index < -0.39 is 0 Å². The molecule has 1 unspecified atom stereocenters. The van der Waals surface area contributed by atoms with E-state index in [4.69, 9.17) is 10.5 Å². The van der Waals surface area contributed by atoms with Gasteiger partial charge in [0, 0.05) is 19.3 Å². The number of hydrogen-bond acceptors (Lipinski definition) is 2. The summed E-state index contributed by atoms with van der Waals surface area (Å²) in [5, 5.41) is 0. The van der Waals surface area contributed by atoms with Gasteiger partial charge in [-0.1, -0.05) is 12.2 Å². The van der Waals surface area contributed by atoms with E-state index in [2.05, 4.69) is 12.2 Å². The van der Waals surface area contributed by atoms with E-state index in [1.54, 1.807) is 7.11 Å². The Hall–Kier alpha value is -0.340. The second kappa shape index (κ2) is 3.88. The van der Waals surface area contributed by atoms with Gasteiger partial charge in [0.25, 0.3) is 0 Å². The van der Waals surface area contributed by atoms with Crippen molar-refractivity contribution in [3.05, 3.63) is 12.2 Å². The van der Waals surface area contributed by atoms with E-state index >= 15 is 0 Å². The van der Waals surface area contributed by atoms with Crippen molar-refractivity contribution in [2.75, 3.05) is 13.7 Å². The Balaban J connectivity index is 2.33. The van der Waals surface area contributed by atoms with Crippen molar-refractivity contribution in [1.29, 1.82) is 0 Å². The molecular formula is C9H17NO. The van der Waals surface area contributed by atoms with Gasteiger partial charge >= 0.3 is 0 Å². The average molecular weight is 155 g/mol. The van der Waals surface area contributed by atoms with E-state index in [0.717, 1.165) is 32.3 Å². The monoisotopic (exact) mass is 155 g/mol. The van der Waals surface area contributed by atoms with Crippen LogP contribution < -0.4 is 5.73 Å². The van der Waals surface area contributed by atoms with Crippen LogP contribution in [-0.4, -0.2) is 19.3 Å². The van der Waals surface area contributed by atoms with Gasteiger partial charge in [0.05, 0.1) is 0 Å². The van der Waals surface area contributed by atoms with Crippen LogP contribution in [0.3, 0.4) is 0 Å². The molecule has 0 amide bonds. The smallest absolute Gasteiger partial charge is 0.0479 e. The Morgan fingerprint density at radius 2 is 2.36 bits per heavy atom. The van der Waals surface area contributed by atoms with Crippen LogP contribution in [-0.2, 0) is 4.74 Å². The molecule has 0 bridgehead atoms.